The number of aliphatic hydroxyl groups is 9. The van der Waals surface area contributed by atoms with E-state index in [-0.39, 0.29) is 36.4 Å². The molecule has 0 aromatic heterocycles. The van der Waals surface area contributed by atoms with Gasteiger partial charge in [0.25, 0.3) is 0 Å². The molecular formula is C44H70O17. The van der Waals surface area contributed by atoms with Gasteiger partial charge in [-0.2, -0.15) is 0 Å². The highest BCUT2D eigenvalue weighted by Crippen LogP contribution is 2.71. The standard InChI is InChI=1S/C44H70O17/c1-18-8-11-44(55-16-18)19(2)30-27(61-44)14-25-23-7-6-21-12-22(46)13-29(43(21,5)24(23)9-10-42(25,30)4)58-41-38(60-40-36(53)34(51)33(50)28(15-45)57-40)37(31(48)20(3)56-41)59-39-35(52)32(49)26(47)17-54-39/h6,18-20,22-41,45-53H,7-17H2,1-5H3/t18-,19+,20-,22-,23-,24+,25+,26-,27?,28-,29-,30?,31+,32+,33-,34+,35-,36-,37+,38-,39+,40+,41+,42+,43+,44-/m1/s1. The zero-order valence-electron chi connectivity index (χ0n) is 35.9. The summed E-state index contributed by atoms with van der Waals surface area (Å²) < 4.78 is 50.8. The molecule has 0 bridgehead atoms. The van der Waals surface area contributed by atoms with Crippen molar-refractivity contribution in [1.29, 1.82) is 0 Å². The van der Waals surface area contributed by atoms with Crippen LogP contribution in [-0.2, 0) is 37.9 Å². The second kappa shape index (κ2) is 16.7. The van der Waals surface area contributed by atoms with Crippen LogP contribution < -0.4 is 0 Å². The highest BCUT2D eigenvalue weighted by molar-refractivity contribution is 5.29. The van der Waals surface area contributed by atoms with Crippen LogP contribution in [-0.4, -0.2) is 176 Å². The SMILES string of the molecule is C[C@@H]1CC[C@@]2(OC1)OC1C[C@H]3[C@@H]4CC=C5C[C@@H](O)C[C@@H](O[C@@H]6O[C@H](C)[C@H](O)[C@H](O[C@@H]7OC[C@@H](O)[C@H](O)[C@H]7O)[C@H]6O[C@@H]6O[C@H](CO)[C@@H](O)[C@H](O)[C@H]6O)[C@]5(C)[C@H]4CC[C@]3(C)C1[C@@H]2C. The fourth-order valence-electron chi connectivity index (χ4n) is 13.8. The van der Waals surface area contributed by atoms with Crippen molar-refractivity contribution in [3.63, 3.8) is 0 Å². The van der Waals surface area contributed by atoms with Gasteiger partial charge in [0.05, 0.1) is 44.2 Å². The minimum atomic E-state index is -1.83. The Labute approximate surface area is 357 Å². The first kappa shape index (κ1) is 45.2. The van der Waals surface area contributed by atoms with Crippen molar-refractivity contribution in [3.05, 3.63) is 11.6 Å². The van der Waals surface area contributed by atoms with Crippen LogP contribution in [0.5, 0.6) is 0 Å². The fourth-order valence-corrected chi connectivity index (χ4v) is 13.8. The number of ether oxygens (including phenoxy) is 8. The third-order valence-electron chi connectivity index (χ3n) is 17.4. The number of hydrogen-bond donors (Lipinski definition) is 9. The van der Waals surface area contributed by atoms with Crippen LogP contribution in [0.3, 0.4) is 0 Å². The average molecular weight is 871 g/mol. The topological polar surface area (TPSA) is 256 Å². The van der Waals surface area contributed by atoms with Crippen molar-refractivity contribution in [1.82, 2.24) is 0 Å². The van der Waals surface area contributed by atoms with Crippen molar-refractivity contribution in [3.8, 4) is 0 Å². The summed E-state index contributed by atoms with van der Waals surface area (Å²) in [5.74, 6) is 1.55. The summed E-state index contributed by atoms with van der Waals surface area (Å²) in [6, 6.07) is 0. The van der Waals surface area contributed by atoms with Gasteiger partial charge in [-0.05, 0) is 80.5 Å². The number of allylic oxidation sites excluding steroid dienone is 1. The first-order chi connectivity index (χ1) is 28.9. The molecule has 348 valence electrons. The minimum Gasteiger partial charge on any atom is -0.394 e. The smallest absolute Gasteiger partial charge is 0.187 e. The van der Waals surface area contributed by atoms with E-state index in [9.17, 15) is 46.0 Å². The summed E-state index contributed by atoms with van der Waals surface area (Å²) >= 11 is 0. The Balaban J connectivity index is 1.01. The molecule has 4 aliphatic carbocycles. The van der Waals surface area contributed by atoms with Gasteiger partial charge in [0.2, 0.25) is 0 Å². The first-order valence-corrected chi connectivity index (χ1v) is 22.9. The molecule has 5 heterocycles. The Morgan fingerprint density at radius 1 is 0.738 bits per heavy atom. The van der Waals surface area contributed by atoms with Gasteiger partial charge in [-0.1, -0.05) is 39.3 Å². The van der Waals surface area contributed by atoms with E-state index in [2.05, 4.69) is 33.8 Å². The second-order valence-electron chi connectivity index (χ2n) is 20.7. The van der Waals surface area contributed by atoms with Crippen LogP contribution in [0.25, 0.3) is 0 Å². The Morgan fingerprint density at radius 3 is 2.20 bits per heavy atom. The molecule has 9 rings (SSSR count). The molecule has 0 aromatic rings. The van der Waals surface area contributed by atoms with Crippen LogP contribution in [0.15, 0.2) is 11.6 Å². The third kappa shape index (κ3) is 7.32. The van der Waals surface area contributed by atoms with E-state index < -0.39 is 116 Å². The van der Waals surface area contributed by atoms with Gasteiger partial charge in [-0.15, -0.1) is 0 Å². The molecule has 5 saturated heterocycles. The van der Waals surface area contributed by atoms with E-state index in [1.54, 1.807) is 6.92 Å². The van der Waals surface area contributed by atoms with Crippen LogP contribution >= 0.6 is 0 Å². The van der Waals surface area contributed by atoms with Crippen molar-refractivity contribution in [2.24, 2.45) is 46.3 Å². The van der Waals surface area contributed by atoms with E-state index in [4.69, 9.17) is 37.9 Å². The van der Waals surface area contributed by atoms with Gasteiger partial charge in [-0.25, -0.2) is 0 Å². The number of rotatable bonds is 7. The lowest BCUT2D eigenvalue weighted by molar-refractivity contribution is -0.392. The first-order valence-electron chi connectivity index (χ1n) is 22.9. The van der Waals surface area contributed by atoms with Gasteiger partial charge in [0, 0.05) is 24.2 Å². The highest BCUT2D eigenvalue weighted by Gasteiger charge is 2.70. The molecule has 61 heavy (non-hydrogen) atoms. The van der Waals surface area contributed by atoms with Crippen LogP contribution in [0.1, 0.15) is 86.0 Å². The maximum absolute atomic E-state index is 11.6. The fraction of sp³-hybridized carbons (Fsp3) is 0.955. The van der Waals surface area contributed by atoms with E-state index in [0.29, 0.717) is 30.1 Å². The van der Waals surface area contributed by atoms with E-state index in [1.807, 2.05) is 0 Å². The van der Waals surface area contributed by atoms with Gasteiger partial charge >= 0.3 is 0 Å². The van der Waals surface area contributed by atoms with Crippen molar-refractivity contribution in [2.75, 3.05) is 19.8 Å². The average Bonchev–Trinajstić information content (AvgIpc) is 3.68. The highest BCUT2D eigenvalue weighted by atomic mass is 16.8. The normalized spacial score (nSPS) is 58.4. The Morgan fingerprint density at radius 2 is 1.48 bits per heavy atom. The van der Waals surface area contributed by atoms with Gasteiger partial charge in [0.15, 0.2) is 24.7 Å². The monoisotopic (exact) mass is 870 g/mol. The third-order valence-corrected chi connectivity index (χ3v) is 17.4. The summed E-state index contributed by atoms with van der Waals surface area (Å²) in [7, 11) is 0. The van der Waals surface area contributed by atoms with Crippen molar-refractivity contribution >= 4 is 0 Å². The van der Waals surface area contributed by atoms with Crippen LogP contribution in [0.4, 0.5) is 0 Å². The van der Waals surface area contributed by atoms with Crippen molar-refractivity contribution in [2.45, 2.75) is 196 Å². The molecule has 17 heteroatoms. The summed E-state index contributed by atoms with van der Waals surface area (Å²) in [5.41, 5.74) is 0.602. The number of aliphatic hydroxyl groups excluding tert-OH is 9. The molecule has 3 saturated carbocycles. The Bertz CT molecular complexity index is 1590. The summed E-state index contributed by atoms with van der Waals surface area (Å²) in [6.45, 7) is 10.5. The summed E-state index contributed by atoms with van der Waals surface area (Å²) in [4.78, 5) is 0. The second-order valence-corrected chi connectivity index (χ2v) is 20.7. The maximum Gasteiger partial charge on any atom is 0.187 e. The lowest BCUT2D eigenvalue weighted by Gasteiger charge is -2.60. The summed E-state index contributed by atoms with van der Waals surface area (Å²) in [5, 5.41) is 96.9. The van der Waals surface area contributed by atoms with Gasteiger partial charge < -0.3 is 83.9 Å². The minimum absolute atomic E-state index is 0.0513. The van der Waals surface area contributed by atoms with Gasteiger partial charge in [-0.3, -0.25) is 0 Å². The molecule has 17 nitrogen and oxygen atoms in total. The number of hydrogen-bond acceptors (Lipinski definition) is 17. The predicted octanol–water partition coefficient (Wildman–Crippen LogP) is -0.176. The predicted molar refractivity (Wildman–Crippen MR) is 210 cm³/mol. The molecule has 0 amide bonds. The van der Waals surface area contributed by atoms with Crippen LogP contribution in [0.2, 0.25) is 0 Å². The molecule has 1 spiro atoms. The molecule has 9 N–H and O–H groups in total. The Hall–Kier alpha value is -0.940. The molecule has 5 aliphatic heterocycles. The quantitative estimate of drug-likeness (QED) is 0.151. The van der Waals surface area contributed by atoms with Gasteiger partial charge in [0.1, 0.15) is 61.0 Å². The molecule has 0 aromatic carbocycles. The molecule has 0 radical (unpaired) electrons. The maximum atomic E-state index is 11.6. The summed E-state index contributed by atoms with van der Waals surface area (Å²) in [6.07, 6.45) is -13.7. The van der Waals surface area contributed by atoms with E-state index >= 15 is 0 Å². The van der Waals surface area contributed by atoms with Crippen molar-refractivity contribution < 1.29 is 83.9 Å². The van der Waals surface area contributed by atoms with E-state index in [1.165, 1.54) is 0 Å². The van der Waals surface area contributed by atoms with Crippen LogP contribution in [0, 0.1) is 46.3 Å². The Kier molecular flexibility index (Phi) is 12.4. The zero-order valence-corrected chi connectivity index (χ0v) is 35.9. The lowest BCUT2D eigenvalue weighted by atomic mass is 9.46. The molecule has 26 atom stereocenters. The van der Waals surface area contributed by atoms with E-state index in [0.717, 1.165) is 50.7 Å². The largest absolute Gasteiger partial charge is 0.394 e. The lowest BCUT2D eigenvalue weighted by Crippen LogP contribution is -2.67. The number of fused-ring (bicyclic) bond motifs is 7. The zero-order chi connectivity index (χ0) is 43.5. The molecule has 2 unspecified atom stereocenters. The molecule has 9 aliphatic rings. The molecule has 8 fully saturated rings. The molecular weight excluding hydrogens is 800 g/mol.